The van der Waals surface area contributed by atoms with Gasteiger partial charge in [0.15, 0.2) is 17.5 Å². The van der Waals surface area contributed by atoms with E-state index >= 15 is 0 Å². The molecule has 0 aliphatic carbocycles. The number of nitrogens with zero attached hydrogens (tertiary/aromatic N) is 2. The minimum atomic E-state index is -1.52. The van der Waals surface area contributed by atoms with Crippen LogP contribution in [0.3, 0.4) is 0 Å². The molecular formula is C21H17F3N4O. The number of halogens is 3. The molecule has 29 heavy (non-hydrogen) atoms. The Hall–Kier alpha value is -3.55. The molecule has 2 aromatic carbocycles. The molecule has 2 N–H and O–H groups in total. The molecule has 0 radical (unpaired) electrons. The third kappa shape index (κ3) is 3.49. The van der Waals surface area contributed by atoms with Crippen molar-refractivity contribution in [2.24, 2.45) is 0 Å². The molecule has 0 unspecified atom stereocenters. The first-order chi connectivity index (χ1) is 13.8. The first kappa shape index (κ1) is 18.8. The summed E-state index contributed by atoms with van der Waals surface area (Å²) < 4.78 is 42.0. The summed E-state index contributed by atoms with van der Waals surface area (Å²) in [6, 6.07) is 7.53. The predicted octanol–water partition coefficient (Wildman–Crippen LogP) is 4.55. The van der Waals surface area contributed by atoms with Gasteiger partial charge in [0.1, 0.15) is 0 Å². The van der Waals surface area contributed by atoms with Crippen molar-refractivity contribution in [1.82, 2.24) is 14.5 Å². The maximum absolute atomic E-state index is 13.6. The summed E-state index contributed by atoms with van der Waals surface area (Å²) in [5, 5.41) is 4.14. The van der Waals surface area contributed by atoms with Gasteiger partial charge in [-0.05, 0) is 55.3 Å². The van der Waals surface area contributed by atoms with E-state index in [0.29, 0.717) is 5.56 Å². The van der Waals surface area contributed by atoms with Gasteiger partial charge >= 0.3 is 0 Å². The second-order valence-electron chi connectivity index (χ2n) is 6.86. The summed E-state index contributed by atoms with van der Waals surface area (Å²) >= 11 is 0. The third-order valence-electron chi connectivity index (χ3n) is 4.81. The van der Waals surface area contributed by atoms with Crippen LogP contribution in [0.15, 0.2) is 47.5 Å². The van der Waals surface area contributed by atoms with Gasteiger partial charge in [0.2, 0.25) is 5.95 Å². The summed E-state index contributed by atoms with van der Waals surface area (Å²) in [6.07, 6.45) is 3.38. The lowest BCUT2D eigenvalue weighted by molar-refractivity contribution is 0.444. The number of aromatic amines is 1. The molecule has 5 nitrogen and oxygen atoms in total. The molecule has 0 atom stereocenters. The molecule has 0 bridgehead atoms. The minimum Gasteiger partial charge on any atom is -0.361 e. The SMILES string of the molecule is Cc1cn(Cc2cc(F)c(F)c(F)c2)c(Nc2ccc3[nH]ccc3c2C)nc1=O. The Morgan fingerprint density at radius 1 is 1.10 bits per heavy atom. The minimum absolute atomic E-state index is 0.00395. The topological polar surface area (TPSA) is 62.7 Å². The Balaban J connectivity index is 1.76. The van der Waals surface area contributed by atoms with Crippen LogP contribution in [-0.2, 0) is 6.54 Å². The van der Waals surface area contributed by atoms with Gasteiger partial charge in [-0.3, -0.25) is 4.79 Å². The second kappa shape index (κ2) is 7.12. The Bertz CT molecular complexity index is 1270. The van der Waals surface area contributed by atoms with Crippen molar-refractivity contribution in [3.05, 3.63) is 87.2 Å². The van der Waals surface area contributed by atoms with Crippen LogP contribution in [0.4, 0.5) is 24.8 Å². The van der Waals surface area contributed by atoms with Crippen molar-refractivity contribution in [2.45, 2.75) is 20.4 Å². The van der Waals surface area contributed by atoms with Crippen LogP contribution in [0.2, 0.25) is 0 Å². The highest BCUT2D eigenvalue weighted by atomic mass is 19.2. The first-order valence-corrected chi connectivity index (χ1v) is 8.88. The summed E-state index contributed by atoms with van der Waals surface area (Å²) in [5.41, 5.74) is 2.81. The number of H-pyrrole nitrogens is 1. The molecule has 0 saturated heterocycles. The van der Waals surface area contributed by atoms with Crippen LogP contribution in [0, 0.1) is 31.3 Å². The number of hydrogen-bond donors (Lipinski definition) is 2. The van der Waals surface area contributed by atoms with E-state index in [1.54, 1.807) is 17.7 Å². The van der Waals surface area contributed by atoms with E-state index in [-0.39, 0.29) is 18.1 Å². The zero-order valence-corrected chi connectivity index (χ0v) is 15.7. The molecule has 0 aliphatic heterocycles. The maximum Gasteiger partial charge on any atom is 0.277 e. The first-order valence-electron chi connectivity index (χ1n) is 8.88. The van der Waals surface area contributed by atoms with Crippen LogP contribution in [0.1, 0.15) is 16.7 Å². The highest BCUT2D eigenvalue weighted by Crippen LogP contribution is 2.27. The Morgan fingerprint density at radius 3 is 2.55 bits per heavy atom. The van der Waals surface area contributed by atoms with Crippen molar-refractivity contribution >= 4 is 22.5 Å². The van der Waals surface area contributed by atoms with E-state index < -0.39 is 23.0 Å². The van der Waals surface area contributed by atoms with Crippen molar-refractivity contribution in [3.8, 4) is 0 Å². The lowest BCUT2D eigenvalue weighted by atomic mass is 10.1. The zero-order chi connectivity index (χ0) is 20.7. The average Bonchev–Trinajstić information content (AvgIpc) is 3.15. The number of aryl methyl sites for hydroxylation is 2. The summed E-state index contributed by atoms with van der Waals surface area (Å²) in [4.78, 5) is 19.3. The Morgan fingerprint density at radius 2 is 1.83 bits per heavy atom. The zero-order valence-electron chi connectivity index (χ0n) is 15.7. The van der Waals surface area contributed by atoms with Gasteiger partial charge in [0, 0.05) is 34.5 Å². The van der Waals surface area contributed by atoms with E-state index in [1.165, 1.54) is 0 Å². The molecule has 2 aromatic heterocycles. The van der Waals surface area contributed by atoms with Crippen molar-refractivity contribution in [3.63, 3.8) is 0 Å². The fraction of sp³-hybridized carbons (Fsp3) is 0.143. The molecule has 0 spiro atoms. The quantitative estimate of drug-likeness (QED) is 0.496. The molecule has 0 fully saturated rings. The summed E-state index contributed by atoms with van der Waals surface area (Å²) in [6.45, 7) is 3.52. The molecule has 0 aliphatic rings. The smallest absolute Gasteiger partial charge is 0.277 e. The van der Waals surface area contributed by atoms with Gasteiger partial charge in [-0.15, -0.1) is 0 Å². The van der Waals surface area contributed by atoms with E-state index in [4.69, 9.17) is 0 Å². The highest BCUT2D eigenvalue weighted by molar-refractivity contribution is 5.88. The van der Waals surface area contributed by atoms with E-state index in [0.717, 1.165) is 34.3 Å². The van der Waals surface area contributed by atoms with E-state index in [2.05, 4.69) is 15.3 Å². The monoisotopic (exact) mass is 398 g/mol. The van der Waals surface area contributed by atoms with Gasteiger partial charge in [-0.1, -0.05) is 0 Å². The molecule has 2 heterocycles. The molecule has 148 valence electrons. The molecule has 4 aromatic rings. The number of fused-ring (bicyclic) bond motifs is 1. The molecule has 0 amide bonds. The number of rotatable bonds is 4. The van der Waals surface area contributed by atoms with Crippen LogP contribution >= 0.6 is 0 Å². The third-order valence-corrected chi connectivity index (χ3v) is 4.81. The molecular weight excluding hydrogens is 381 g/mol. The van der Waals surface area contributed by atoms with Gasteiger partial charge < -0.3 is 14.9 Å². The van der Waals surface area contributed by atoms with E-state index in [9.17, 15) is 18.0 Å². The summed E-state index contributed by atoms with van der Waals surface area (Å²) in [5.74, 6) is -3.84. The lowest BCUT2D eigenvalue weighted by Crippen LogP contribution is -2.19. The van der Waals surface area contributed by atoms with Crippen molar-refractivity contribution < 1.29 is 13.2 Å². The highest BCUT2D eigenvalue weighted by Gasteiger charge is 2.14. The Kier molecular flexibility index (Phi) is 4.62. The molecule has 0 saturated carbocycles. The average molecular weight is 398 g/mol. The van der Waals surface area contributed by atoms with Crippen LogP contribution in [0.25, 0.3) is 10.9 Å². The van der Waals surface area contributed by atoms with Gasteiger partial charge in [0.25, 0.3) is 5.56 Å². The van der Waals surface area contributed by atoms with Crippen LogP contribution in [-0.4, -0.2) is 14.5 Å². The van der Waals surface area contributed by atoms with E-state index in [1.807, 2.05) is 31.3 Å². The van der Waals surface area contributed by atoms with Gasteiger partial charge in [0.05, 0.1) is 6.54 Å². The fourth-order valence-electron chi connectivity index (χ4n) is 3.25. The van der Waals surface area contributed by atoms with Crippen LogP contribution < -0.4 is 10.9 Å². The normalized spacial score (nSPS) is 11.2. The number of anilines is 2. The lowest BCUT2D eigenvalue weighted by Gasteiger charge is -2.16. The molecule has 4 rings (SSSR count). The second-order valence-corrected chi connectivity index (χ2v) is 6.86. The van der Waals surface area contributed by atoms with Gasteiger partial charge in [-0.2, -0.15) is 4.98 Å². The summed E-state index contributed by atoms with van der Waals surface area (Å²) in [7, 11) is 0. The largest absolute Gasteiger partial charge is 0.361 e. The number of aromatic nitrogens is 3. The van der Waals surface area contributed by atoms with Gasteiger partial charge in [-0.25, -0.2) is 13.2 Å². The maximum atomic E-state index is 13.6. The van der Waals surface area contributed by atoms with Crippen LogP contribution in [0.5, 0.6) is 0 Å². The number of hydrogen-bond acceptors (Lipinski definition) is 3. The predicted molar refractivity (Wildman–Crippen MR) is 105 cm³/mol. The fourth-order valence-corrected chi connectivity index (χ4v) is 3.25. The molecule has 8 heteroatoms. The Labute approximate surface area is 163 Å². The number of nitrogens with one attached hydrogen (secondary N) is 2. The standard InChI is InChI=1S/C21H17F3N4O/c1-11-9-28(10-13-7-15(22)19(24)16(23)8-13)21(27-20(11)29)26-17-3-4-18-14(12(17)2)5-6-25-18/h3-9,25H,10H2,1-2H3,(H,26,27,29). The van der Waals surface area contributed by atoms with Crippen molar-refractivity contribution in [1.29, 1.82) is 0 Å². The number of benzene rings is 2. The van der Waals surface area contributed by atoms with Crippen molar-refractivity contribution in [2.75, 3.05) is 5.32 Å².